The van der Waals surface area contributed by atoms with Gasteiger partial charge in [-0.05, 0) is 17.7 Å². The second kappa shape index (κ2) is 5.23. The fourth-order valence-corrected chi connectivity index (χ4v) is 2.86. The van der Waals surface area contributed by atoms with Crippen molar-refractivity contribution in [2.75, 3.05) is 5.73 Å². The van der Waals surface area contributed by atoms with Gasteiger partial charge < -0.3 is 10.1 Å². The van der Waals surface area contributed by atoms with Crippen LogP contribution in [0.15, 0.2) is 48.0 Å². The van der Waals surface area contributed by atoms with Gasteiger partial charge in [-0.3, -0.25) is 0 Å². The second-order valence-electron chi connectivity index (χ2n) is 4.17. The SMILES string of the molecule is N#Cc1c(CSc2nccnc2N)cn2ccccc12. The highest BCUT2D eigenvalue weighted by Gasteiger charge is 2.11. The van der Waals surface area contributed by atoms with Crippen molar-refractivity contribution in [3.63, 3.8) is 0 Å². The van der Waals surface area contributed by atoms with Crippen LogP contribution in [0.3, 0.4) is 0 Å². The number of nitrogens with two attached hydrogens (primary N) is 1. The summed E-state index contributed by atoms with van der Waals surface area (Å²) < 4.78 is 1.95. The molecule has 0 aromatic carbocycles. The predicted molar refractivity (Wildman–Crippen MR) is 78.1 cm³/mol. The Hall–Kier alpha value is -2.52. The molecule has 3 rings (SSSR count). The van der Waals surface area contributed by atoms with Gasteiger partial charge in [0.1, 0.15) is 11.1 Å². The summed E-state index contributed by atoms with van der Waals surface area (Å²) in [6, 6.07) is 8.06. The van der Waals surface area contributed by atoms with Gasteiger partial charge >= 0.3 is 0 Å². The van der Waals surface area contributed by atoms with Crippen molar-refractivity contribution in [2.24, 2.45) is 0 Å². The Kier molecular flexibility index (Phi) is 3.27. The van der Waals surface area contributed by atoms with E-state index in [9.17, 15) is 5.26 Å². The van der Waals surface area contributed by atoms with E-state index in [0.717, 1.165) is 11.1 Å². The normalized spacial score (nSPS) is 10.6. The number of anilines is 1. The van der Waals surface area contributed by atoms with Crippen LogP contribution < -0.4 is 5.73 Å². The average molecular weight is 281 g/mol. The molecule has 0 aliphatic rings. The number of fused-ring (bicyclic) bond motifs is 1. The first-order valence-corrected chi connectivity index (χ1v) is 6.96. The zero-order chi connectivity index (χ0) is 13.9. The van der Waals surface area contributed by atoms with E-state index in [1.807, 2.05) is 35.0 Å². The van der Waals surface area contributed by atoms with Gasteiger partial charge in [-0.1, -0.05) is 17.8 Å². The van der Waals surface area contributed by atoms with Crippen molar-refractivity contribution in [3.8, 4) is 6.07 Å². The highest BCUT2D eigenvalue weighted by molar-refractivity contribution is 7.98. The molecule has 0 saturated carbocycles. The Labute approximate surface area is 120 Å². The van der Waals surface area contributed by atoms with E-state index < -0.39 is 0 Å². The van der Waals surface area contributed by atoms with Crippen LogP contribution >= 0.6 is 11.8 Å². The number of nitrogens with zero attached hydrogens (tertiary/aromatic N) is 4. The molecule has 98 valence electrons. The van der Waals surface area contributed by atoms with Gasteiger partial charge in [0, 0.05) is 30.5 Å². The summed E-state index contributed by atoms with van der Waals surface area (Å²) in [7, 11) is 0. The Morgan fingerprint density at radius 2 is 2.15 bits per heavy atom. The van der Waals surface area contributed by atoms with Crippen LogP contribution in [0.2, 0.25) is 0 Å². The quantitative estimate of drug-likeness (QED) is 0.746. The maximum Gasteiger partial charge on any atom is 0.156 e. The molecule has 0 saturated heterocycles. The van der Waals surface area contributed by atoms with Crippen LogP contribution in [0.5, 0.6) is 0 Å². The minimum absolute atomic E-state index is 0.416. The minimum Gasteiger partial charge on any atom is -0.381 e. The second-order valence-corrected chi connectivity index (χ2v) is 5.13. The molecule has 3 heterocycles. The third-order valence-corrected chi connectivity index (χ3v) is 3.97. The van der Waals surface area contributed by atoms with Gasteiger partial charge in [-0.15, -0.1) is 0 Å². The summed E-state index contributed by atoms with van der Waals surface area (Å²) in [6.07, 6.45) is 7.07. The van der Waals surface area contributed by atoms with E-state index in [0.29, 0.717) is 22.2 Å². The van der Waals surface area contributed by atoms with Gasteiger partial charge in [0.05, 0.1) is 11.1 Å². The molecular formula is C14H11N5S. The molecule has 0 bridgehead atoms. The summed E-state index contributed by atoms with van der Waals surface area (Å²) in [5.74, 6) is 1.05. The first kappa shape index (κ1) is 12.5. The predicted octanol–water partition coefficient (Wildman–Crippen LogP) is 2.48. The van der Waals surface area contributed by atoms with Gasteiger partial charge in [0.15, 0.2) is 5.82 Å². The lowest BCUT2D eigenvalue weighted by atomic mass is 10.2. The van der Waals surface area contributed by atoms with Crippen LogP contribution in [0.4, 0.5) is 5.82 Å². The third-order valence-electron chi connectivity index (χ3n) is 2.93. The van der Waals surface area contributed by atoms with Crippen molar-refractivity contribution in [1.29, 1.82) is 5.26 Å². The largest absolute Gasteiger partial charge is 0.381 e. The van der Waals surface area contributed by atoms with E-state index in [2.05, 4.69) is 16.0 Å². The molecule has 3 aromatic rings. The molecule has 0 spiro atoms. The lowest BCUT2D eigenvalue weighted by Crippen LogP contribution is -1.95. The van der Waals surface area contributed by atoms with Crippen molar-refractivity contribution in [1.82, 2.24) is 14.4 Å². The maximum atomic E-state index is 9.33. The first-order valence-electron chi connectivity index (χ1n) is 5.97. The fourth-order valence-electron chi connectivity index (χ4n) is 2.01. The number of nitrogen functional groups attached to an aromatic ring is 1. The lowest BCUT2D eigenvalue weighted by Gasteiger charge is -2.01. The summed E-state index contributed by atoms with van der Waals surface area (Å²) in [4.78, 5) is 8.19. The highest BCUT2D eigenvalue weighted by atomic mass is 32.2. The van der Waals surface area contributed by atoms with Gasteiger partial charge in [-0.2, -0.15) is 5.26 Å². The summed E-state index contributed by atoms with van der Waals surface area (Å²) in [6.45, 7) is 0. The van der Waals surface area contributed by atoms with Crippen molar-refractivity contribution in [3.05, 3.63) is 54.1 Å². The van der Waals surface area contributed by atoms with Gasteiger partial charge in [0.25, 0.3) is 0 Å². The van der Waals surface area contributed by atoms with E-state index in [1.54, 1.807) is 12.4 Å². The number of hydrogen-bond donors (Lipinski definition) is 1. The molecule has 0 unspecified atom stereocenters. The van der Waals surface area contributed by atoms with Crippen LogP contribution in [0.25, 0.3) is 5.52 Å². The lowest BCUT2D eigenvalue weighted by molar-refractivity contribution is 1.07. The molecular weight excluding hydrogens is 270 g/mol. The molecule has 0 atom stereocenters. The topological polar surface area (TPSA) is 80.0 Å². The summed E-state index contributed by atoms with van der Waals surface area (Å²) in [5, 5.41) is 10.0. The smallest absolute Gasteiger partial charge is 0.156 e. The molecule has 0 fully saturated rings. The van der Waals surface area contributed by atoms with Crippen LogP contribution in [-0.2, 0) is 5.75 Å². The standard InChI is InChI=1S/C14H11N5S/c15-7-11-10(8-19-6-2-1-3-12(11)19)9-20-14-13(16)17-4-5-18-14/h1-6,8H,9H2,(H2,16,17). The summed E-state index contributed by atoms with van der Waals surface area (Å²) in [5.41, 5.74) is 8.34. The highest BCUT2D eigenvalue weighted by Crippen LogP contribution is 2.27. The van der Waals surface area contributed by atoms with E-state index in [1.165, 1.54) is 11.8 Å². The first-order chi connectivity index (χ1) is 9.79. The molecule has 20 heavy (non-hydrogen) atoms. The van der Waals surface area contributed by atoms with E-state index in [-0.39, 0.29) is 0 Å². The Morgan fingerprint density at radius 1 is 1.30 bits per heavy atom. The Balaban J connectivity index is 1.92. The minimum atomic E-state index is 0.416. The number of aromatic nitrogens is 3. The van der Waals surface area contributed by atoms with Crippen LogP contribution in [-0.4, -0.2) is 14.4 Å². The van der Waals surface area contributed by atoms with E-state index >= 15 is 0 Å². The Morgan fingerprint density at radius 3 is 2.95 bits per heavy atom. The molecule has 6 heteroatoms. The van der Waals surface area contributed by atoms with E-state index in [4.69, 9.17) is 5.73 Å². The zero-order valence-electron chi connectivity index (χ0n) is 10.5. The molecule has 5 nitrogen and oxygen atoms in total. The van der Waals surface area contributed by atoms with Gasteiger partial charge in [0.2, 0.25) is 0 Å². The summed E-state index contributed by atoms with van der Waals surface area (Å²) >= 11 is 1.48. The Bertz CT molecular complexity index is 803. The van der Waals surface area contributed by atoms with Crippen LogP contribution in [0.1, 0.15) is 11.1 Å². The molecule has 3 aromatic heterocycles. The monoisotopic (exact) mass is 281 g/mol. The molecule has 2 N–H and O–H groups in total. The number of nitriles is 1. The number of rotatable bonds is 3. The number of pyridine rings is 1. The third kappa shape index (κ3) is 2.19. The number of hydrogen-bond acceptors (Lipinski definition) is 5. The molecule has 0 aliphatic carbocycles. The molecule has 0 amide bonds. The number of thioether (sulfide) groups is 1. The molecule has 0 aliphatic heterocycles. The van der Waals surface area contributed by atoms with Gasteiger partial charge in [-0.25, -0.2) is 9.97 Å². The van der Waals surface area contributed by atoms with Crippen molar-refractivity contribution >= 4 is 23.1 Å². The fraction of sp³-hybridized carbons (Fsp3) is 0.0714. The molecule has 0 radical (unpaired) electrons. The maximum absolute atomic E-state index is 9.33. The van der Waals surface area contributed by atoms with Crippen LogP contribution in [0, 0.1) is 11.3 Å². The zero-order valence-corrected chi connectivity index (χ0v) is 11.3. The average Bonchev–Trinajstić information content (AvgIpc) is 2.84. The van der Waals surface area contributed by atoms with Crippen molar-refractivity contribution < 1.29 is 0 Å². The van der Waals surface area contributed by atoms with Crippen molar-refractivity contribution in [2.45, 2.75) is 10.8 Å².